The van der Waals surface area contributed by atoms with Gasteiger partial charge in [0, 0.05) is 24.9 Å². The minimum atomic E-state index is -4.19. The predicted octanol–water partition coefficient (Wildman–Crippen LogP) is 2.58. The zero-order valence-electron chi connectivity index (χ0n) is 11.7. The van der Waals surface area contributed by atoms with Crippen molar-refractivity contribution in [2.75, 3.05) is 13.1 Å². The van der Waals surface area contributed by atoms with E-state index < -0.39 is 24.1 Å². The van der Waals surface area contributed by atoms with Gasteiger partial charge in [0.15, 0.2) is 0 Å². The van der Waals surface area contributed by atoms with Gasteiger partial charge in [-0.1, -0.05) is 6.42 Å². The van der Waals surface area contributed by atoms with Crippen molar-refractivity contribution in [3.63, 3.8) is 0 Å². The van der Waals surface area contributed by atoms with Crippen LogP contribution in [-0.2, 0) is 4.79 Å². The van der Waals surface area contributed by atoms with Gasteiger partial charge in [-0.05, 0) is 32.6 Å². The Morgan fingerprint density at radius 1 is 1.30 bits per heavy atom. The molecule has 6 heteroatoms. The standard InChI is InChI=1S/C14H22F3NO2/c1-9(19)11-5-6-18(8-11)13(20)10-3-2-4-12(7-10)14(15,16)17/h9-12,19H,2-8H2,1H3. The maximum absolute atomic E-state index is 12.8. The molecule has 116 valence electrons. The summed E-state index contributed by atoms with van der Waals surface area (Å²) >= 11 is 0. The number of aliphatic hydroxyl groups excluding tert-OH is 1. The lowest BCUT2D eigenvalue weighted by molar-refractivity contribution is -0.187. The Morgan fingerprint density at radius 2 is 2.00 bits per heavy atom. The third-order valence-electron chi connectivity index (χ3n) is 4.70. The van der Waals surface area contributed by atoms with Crippen molar-refractivity contribution >= 4 is 5.91 Å². The lowest BCUT2D eigenvalue weighted by Crippen LogP contribution is -2.39. The van der Waals surface area contributed by atoms with Crippen LogP contribution in [0.5, 0.6) is 0 Å². The van der Waals surface area contributed by atoms with E-state index in [2.05, 4.69) is 0 Å². The Kier molecular flexibility index (Phi) is 4.62. The second-order valence-electron chi connectivity index (χ2n) is 6.18. The Morgan fingerprint density at radius 3 is 2.55 bits per heavy atom. The van der Waals surface area contributed by atoms with E-state index in [4.69, 9.17) is 0 Å². The first kappa shape index (κ1) is 15.6. The lowest BCUT2D eigenvalue weighted by Gasteiger charge is -2.32. The zero-order chi connectivity index (χ0) is 14.9. The highest BCUT2D eigenvalue weighted by molar-refractivity contribution is 5.79. The van der Waals surface area contributed by atoms with Gasteiger partial charge in [-0.25, -0.2) is 0 Å². The van der Waals surface area contributed by atoms with Crippen LogP contribution in [0.2, 0.25) is 0 Å². The molecule has 1 aliphatic carbocycles. The molecule has 1 aliphatic heterocycles. The summed E-state index contributed by atoms with van der Waals surface area (Å²) in [5.41, 5.74) is 0. The first-order valence-corrected chi connectivity index (χ1v) is 7.32. The maximum Gasteiger partial charge on any atom is 0.391 e. The molecule has 1 saturated heterocycles. The van der Waals surface area contributed by atoms with Gasteiger partial charge < -0.3 is 10.0 Å². The van der Waals surface area contributed by atoms with Crippen molar-refractivity contribution < 1.29 is 23.1 Å². The number of hydrogen-bond donors (Lipinski definition) is 1. The van der Waals surface area contributed by atoms with E-state index in [0.717, 1.165) is 6.42 Å². The number of hydrogen-bond acceptors (Lipinski definition) is 2. The highest BCUT2D eigenvalue weighted by atomic mass is 19.4. The van der Waals surface area contributed by atoms with Gasteiger partial charge in [0.1, 0.15) is 0 Å². The number of aliphatic hydroxyl groups is 1. The van der Waals surface area contributed by atoms with E-state index in [1.807, 2.05) is 0 Å². The zero-order valence-corrected chi connectivity index (χ0v) is 11.7. The van der Waals surface area contributed by atoms with E-state index in [1.54, 1.807) is 11.8 Å². The van der Waals surface area contributed by atoms with E-state index >= 15 is 0 Å². The molecule has 0 bridgehead atoms. The predicted molar refractivity (Wildman–Crippen MR) is 67.9 cm³/mol. The van der Waals surface area contributed by atoms with Crippen molar-refractivity contribution in [3.05, 3.63) is 0 Å². The fraction of sp³-hybridized carbons (Fsp3) is 0.929. The van der Waals surface area contributed by atoms with Gasteiger partial charge in [0.25, 0.3) is 0 Å². The highest BCUT2D eigenvalue weighted by Crippen LogP contribution is 2.40. The quantitative estimate of drug-likeness (QED) is 0.850. The number of carbonyl (C=O) groups is 1. The van der Waals surface area contributed by atoms with Crippen molar-refractivity contribution in [2.24, 2.45) is 17.8 Å². The number of carbonyl (C=O) groups excluding carboxylic acids is 1. The van der Waals surface area contributed by atoms with Crippen molar-refractivity contribution in [1.82, 2.24) is 4.90 Å². The highest BCUT2D eigenvalue weighted by Gasteiger charge is 2.44. The first-order chi connectivity index (χ1) is 9.29. The molecular weight excluding hydrogens is 271 g/mol. The Labute approximate surface area is 117 Å². The van der Waals surface area contributed by atoms with Gasteiger partial charge in [-0.2, -0.15) is 13.2 Å². The second kappa shape index (κ2) is 5.92. The van der Waals surface area contributed by atoms with Crippen LogP contribution in [-0.4, -0.2) is 41.3 Å². The average molecular weight is 293 g/mol. The molecule has 0 aromatic rings. The van der Waals surface area contributed by atoms with Crippen LogP contribution in [0.1, 0.15) is 39.0 Å². The summed E-state index contributed by atoms with van der Waals surface area (Å²) in [5.74, 6) is -1.92. The maximum atomic E-state index is 12.8. The summed E-state index contributed by atoms with van der Waals surface area (Å²) in [5, 5.41) is 9.52. The largest absolute Gasteiger partial charge is 0.393 e. The monoisotopic (exact) mass is 293 g/mol. The average Bonchev–Trinajstić information content (AvgIpc) is 2.87. The molecule has 0 radical (unpaired) electrons. The summed E-state index contributed by atoms with van der Waals surface area (Å²) in [7, 11) is 0. The molecule has 1 amide bonds. The number of rotatable bonds is 2. The summed E-state index contributed by atoms with van der Waals surface area (Å²) < 4.78 is 38.3. The van der Waals surface area contributed by atoms with E-state index in [-0.39, 0.29) is 24.7 Å². The number of amides is 1. The van der Waals surface area contributed by atoms with E-state index in [0.29, 0.717) is 25.9 Å². The van der Waals surface area contributed by atoms with Crippen LogP contribution < -0.4 is 0 Å². The van der Waals surface area contributed by atoms with Crippen molar-refractivity contribution in [3.8, 4) is 0 Å². The summed E-state index contributed by atoms with van der Waals surface area (Å²) in [6.45, 7) is 2.73. The van der Waals surface area contributed by atoms with Crippen LogP contribution in [0, 0.1) is 17.8 Å². The molecule has 2 fully saturated rings. The lowest BCUT2D eigenvalue weighted by atomic mass is 9.80. The molecule has 1 heterocycles. The van der Waals surface area contributed by atoms with Gasteiger partial charge >= 0.3 is 6.18 Å². The molecule has 1 N–H and O–H groups in total. The van der Waals surface area contributed by atoms with Crippen molar-refractivity contribution in [2.45, 2.75) is 51.3 Å². The van der Waals surface area contributed by atoms with Gasteiger partial charge in [0.2, 0.25) is 5.91 Å². The summed E-state index contributed by atoms with van der Waals surface area (Å²) in [4.78, 5) is 14.0. The molecule has 4 atom stereocenters. The molecular formula is C14H22F3NO2. The van der Waals surface area contributed by atoms with E-state index in [1.165, 1.54) is 0 Å². The molecule has 3 nitrogen and oxygen atoms in total. The van der Waals surface area contributed by atoms with Crippen molar-refractivity contribution in [1.29, 1.82) is 0 Å². The number of halogens is 3. The molecule has 1 saturated carbocycles. The second-order valence-corrected chi connectivity index (χ2v) is 6.18. The molecule has 2 rings (SSSR count). The normalized spacial score (nSPS) is 33.2. The van der Waals surface area contributed by atoms with E-state index in [9.17, 15) is 23.1 Å². The summed E-state index contributed by atoms with van der Waals surface area (Å²) in [6, 6.07) is 0. The SMILES string of the molecule is CC(O)C1CCN(C(=O)C2CCCC(C(F)(F)F)C2)C1. The molecule has 4 unspecified atom stereocenters. The molecule has 2 aliphatic rings. The smallest absolute Gasteiger partial charge is 0.391 e. The number of likely N-dealkylation sites (tertiary alicyclic amines) is 1. The van der Waals surface area contributed by atoms with Gasteiger partial charge in [0.05, 0.1) is 12.0 Å². The number of nitrogens with zero attached hydrogens (tertiary/aromatic N) is 1. The van der Waals surface area contributed by atoms with Crippen LogP contribution in [0.25, 0.3) is 0 Å². The topological polar surface area (TPSA) is 40.5 Å². The minimum absolute atomic E-state index is 0.0564. The van der Waals surface area contributed by atoms with Crippen LogP contribution in [0.3, 0.4) is 0 Å². The molecule has 0 spiro atoms. The molecule has 0 aromatic carbocycles. The summed E-state index contributed by atoms with van der Waals surface area (Å²) in [6.07, 6.45) is -2.83. The van der Waals surface area contributed by atoms with Gasteiger partial charge in [-0.3, -0.25) is 4.79 Å². The Balaban J connectivity index is 1.93. The molecule has 0 aromatic heterocycles. The number of alkyl halides is 3. The third kappa shape index (κ3) is 3.45. The van der Waals surface area contributed by atoms with Crippen LogP contribution in [0.15, 0.2) is 0 Å². The van der Waals surface area contributed by atoms with Gasteiger partial charge in [-0.15, -0.1) is 0 Å². The fourth-order valence-corrected chi connectivity index (χ4v) is 3.35. The molecule has 20 heavy (non-hydrogen) atoms. The Hall–Kier alpha value is -0.780. The van der Waals surface area contributed by atoms with Crippen LogP contribution in [0.4, 0.5) is 13.2 Å². The third-order valence-corrected chi connectivity index (χ3v) is 4.70. The fourth-order valence-electron chi connectivity index (χ4n) is 3.35. The Bertz CT molecular complexity index is 357. The minimum Gasteiger partial charge on any atom is -0.393 e. The first-order valence-electron chi connectivity index (χ1n) is 7.32. The van der Waals surface area contributed by atoms with Crippen LogP contribution >= 0.6 is 0 Å².